The summed E-state index contributed by atoms with van der Waals surface area (Å²) in [6, 6.07) is 11.0. The van der Waals surface area contributed by atoms with Crippen LogP contribution in [0, 0.1) is 0 Å². The third kappa shape index (κ3) is 4.42. The number of aromatic nitrogens is 2. The van der Waals surface area contributed by atoms with E-state index < -0.39 is 23.7 Å². The summed E-state index contributed by atoms with van der Waals surface area (Å²) in [5.41, 5.74) is 1.42. The van der Waals surface area contributed by atoms with Gasteiger partial charge in [0.15, 0.2) is 6.04 Å². The predicted octanol–water partition coefficient (Wildman–Crippen LogP) is 4.46. The van der Waals surface area contributed by atoms with E-state index in [0.29, 0.717) is 10.7 Å². The Hall–Kier alpha value is -3.62. The van der Waals surface area contributed by atoms with Crippen LogP contribution in [-0.2, 0) is 11.8 Å². The lowest BCUT2D eigenvalue weighted by atomic mass is 9.83. The van der Waals surface area contributed by atoms with Gasteiger partial charge in [-0.2, -0.15) is 13.2 Å². The summed E-state index contributed by atoms with van der Waals surface area (Å²) >= 11 is 0. The minimum absolute atomic E-state index is 0.0297. The van der Waals surface area contributed by atoms with Gasteiger partial charge in [-0.25, -0.2) is 4.98 Å². The van der Waals surface area contributed by atoms with Gasteiger partial charge in [-0.05, 0) is 29.7 Å². The lowest BCUT2D eigenvalue weighted by molar-refractivity contribution is -0.176. The largest absolute Gasteiger partial charge is 0.413 e. The topological polar surface area (TPSA) is 78.1 Å². The maximum Gasteiger partial charge on any atom is 0.413 e. The highest BCUT2D eigenvalue weighted by Gasteiger charge is 2.46. The molecule has 2 N–H and O–H groups in total. The fourth-order valence-electron chi connectivity index (χ4n) is 4.58. The Morgan fingerprint density at radius 1 is 1.21 bits per heavy atom. The van der Waals surface area contributed by atoms with Gasteiger partial charge in [-0.3, -0.25) is 9.59 Å². The van der Waals surface area contributed by atoms with Crippen molar-refractivity contribution < 1.29 is 18.0 Å². The Bertz CT molecular complexity index is 1250. The van der Waals surface area contributed by atoms with Crippen LogP contribution in [0.3, 0.4) is 0 Å². The normalized spacial score (nSPS) is 17.6. The molecule has 0 fully saturated rings. The molecule has 2 atom stereocenters. The van der Waals surface area contributed by atoms with Crippen molar-refractivity contribution in [2.24, 2.45) is 0 Å². The number of carbonyl (C=O) groups is 1. The van der Waals surface area contributed by atoms with Gasteiger partial charge >= 0.3 is 6.18 Å². The van der Waals surface area contributed by atoms with Crippen LogP contribution in [-0.4, -0.2) is 40.0 Å². The molecular weight excluding hydrogens is 445 g/mol. The fourth-order valence-corrected chi connectivity index (χ4v) is 4.58. The van der Waals surface area contributed by atoms with E-state index in [1.807, 2.05) is 12.1 Å². The molecule has 1 aliphatic carbocycles. The smallest absolute Gasteiger partial charge is 0.366 e. The number of hydrogen-bond acceptors (Lipinski definition) is 4. The average molecular weight is 470 g/mol. The molecule has 0 aliphatic heterocycles. The van der Waals surface area contributed by atoms with Crippen LogP contribution < -0.4 is 10.9 Å². The molecule has 0 radical (unpaired) electrons. The standard InChI is InChI=1S/C25H25F3N4O2/c1-24(2)18-7-5-4-6-15(18)12-19(24)31-20-9-8-17(14-30-20)22(25(26,27)28)32(3)23(34)16-10-11-29-21(33)13-16/h4-11,13-14,19,22H,12H2,1-3H3,(H,29,33)(H,30,31). The first-order valence-electron chi connectivity index (χ1n) is 10.8. The minimum atomic E-state index is -4.74. The van der Waals surface area contributed by atoms with Crippen LogP contribution in [0.5, 0.6) is 0 Å². The third-order valence-corrected chi connectivity index (χ3v) is 6.47. The summed E-state index contributed by atoms with van der Waals surface area (Å²) in [7, 11) is 1.06. The van der Waals surface area contributed by atoms with Crippen molar-refractivity contribution in [3.05, 3.63) is 93.5 Å². The number of alkyl halides is 3. The average Bonchev–Trinajstić information content (AvgIpc) is 3.03. The van der Waals surface area contributed by atoms with Crippen molar-refractivity contribution in [1.82, 2.24) is 14.9 Å². The molecule has 6 nitrogen and oxygen atoms in total. The van der Waals surface area contributed by atoms with Crippen LogP contribution >= 0.6 is 0 Å². The van der Waals surface area contributed by atoms with Crippen molar-refractivity contribution in [3.8, 4) is 0 Å². The molecule has 2 aromatic heterocycles. The molecule has 1 aliphatic rings. The zero-order valence-electron chi connectivity index (χ0n) is 19.0. The second-order valence-corrected chi connectivity index (χ2v) is 9.06. The Kier molecular flexibility index (Phi) is 5.97. The number of aromatic amines is 1. The number of carbonyl (C=O) groups excluding carboxylic acids is 1. The number of H-pyrrole nitrogens is 1. The van der Waals surface area contributed by atoms with Gasteiger partial charge in [0.2, 0.25) is 5.56 Å². The molecule has 34 heavy (non-hydrogen) atoms. The first-order valence-corrected chi connectivity index (χ1v) is 10.8. The van der Waals surface area contributed by atoms with Crippen LogP contribution in [0.2, 0.25) is 0 Å². The summed E-state index contributed by atoms with van der Waals surface area (Å²) in [6.45, 7) is 4.25. The number of nitrogens with one attached hydrogen (secondary N) is 2. The van der Waals surface area contributed by atoms with E-state index in [1.54, 1.807) is 0 Å². The lowest BCUT2D eigenvalue weighted by Crippen LogP contribution is -2.40. The summed E-state index contributed by atoms with van der Waals surface area (Å²) in [5, 5.41) is 3.36. The number of anilines is 1. The molecule has 3 aromatic rings. The molecule has 4 rings (SSSR count). The number of rotatable bonds is 5. The Morgan fingerprint density at radius 3 is 2.56 bits per heavy atom. The van der Waals surface area contributed by atoms with Gasteiger partial charge in [0.05, 0.1) is 0 Å². The summed E-state index contributed by atoms with van der Waals surface area (Å²) < 4.78 is 42.0. The van der Waals surface area contributed by atoms with Crippen LogP contribution in [0.25, 0.3) is 0 Å². The van der Waals surface area contributed by atoms with E-state index in [1.165, 1.54) is 35.5 Å². The Labute approximate surface area is 194 Å². The molecule has 0 saturated carbocycles. The van der Waals surface area contributed by atoms with Crippen molar-refractivity contribution in [3.63, 3.8) is 0 Å². The molecule has 178 valence electrons. The van der Waals surface area contributed by atoms with E-state index >= 15 is 0 Å². The molecule has 2 unspecified atom stereocenters. The molecule has 0 spiro atoms. The fraction of sp³-hybridized carbons (Fsp3) is 0.320. The van der Waals surface area contributed by atoms with Crippen LogP contribution in [0.15, 0.2) is 65.7 Å². The maximum atomic E-state index is 14.0. The number of hydrogen-bond donors (Lipinski definition) is 2. The van der Waals surface area contributed by atoms with E-state index in [-0.39, 0.29) is 22.6 Å². The van der Waals surface area contributed by atoms with E-state index in [9.17, 15) is 22.8 Å². The van der Waals surface area contributed by atoms with Crippen molar-refractivity contribution in [2.45, 2.75) is 43.9 Å². The highest BCUT2D eigenvalue weighted by Crippen LogP contribution is 2.40. The lowest BCUT2D eigenvalue weighted by Gasteiger charge is -2.31. The molecule has 0 saturated heterocycles. The minimum Gasteiger partial charge on any atom is -0.366 e. The van der Waals surface area contributed by atoms with Gasteiger partial charge in [0.25, 0.3) is 5.91 Å². The monoisotopic (exact) mass is 470 g/mol. The van der Waals surface area contributed by atoms with E-state index in [0.717, 1.165) is 25.7 Å². The summed E-state index contributed by atoms with van der Waals surface area (Å²) in [4.78, 5) is 31.3. The Balaban J connectivity index is 1.56. The van der Waals surface area contributed by atoms with Crippen LogP contribution in [0.4, 0.5) is 19.0 Å². The third-order valence-electron chi connectivity index (χ3n) is 6.47. The second-order valence-electron chi connectivity index (χ2n) is 9.06. The highest BCUT2D eigenvalue weighted by molar-refractivity contribution is 5.94. The predicted molar refractivity (Wildman–Crippen MR) is 123 cm³/mol. The van der Waals surface area contributed by atoms with E-state index in [2.05, 4.69) is 41.3 Å². The molecular formula is C25H25F3N4O2. The highest BCUT2D eigenvalue weighted by atomic mass is 19.4. The van der Waals surface area contributed by atoms with E-state index in [4.69, 9.17) is 0 Å². The maximum absolute atomic E-state index is 14.0. The molecule has 9 heteroatoms. The number of fused-ring (bicyclic) bond motifs is 1. The number of halogens is 3. The number of amides is 1. The van der Waals surface area contributed by atoms with Gasteiger partial charge < -0.3 is 15.2 Å². The van der Waals surface area contributed by atoms with Gasteiger partial charge in [-0.1, -0.05) is 44.2 Å². The first kappa shape index (κ1) is 23.5. The van der Waals surface area contributed by atoms with Crippen molar-refractivity contribution >= 4 is 11.7 Å². The van der Waals surface area contributed by atoms with Gasteiger partial charge in [0.1, 0.15) is 5.82 Å². The zero-order chi connectivity index (χ0) is 24.7. The number of pyridine rings is 2. The van der Waals surface area contributed by atoms with Crippen LogP contribution in [0.1, 0.15) is 46.9 Å². The summed E-state index contributed by atoms with van der Waals surface area (Å²) in [5.74, 6) is -0.458. The first-order chi connectivity index (χ1) is 16.0. The number of benzene rings is 1. The number of nitrogens with zero attached hydrogens (tertiary/aromatic N) is 2. The van der Waals surface area contributed by atoms with Crippen molar-refractivity contribution in [1.29, 1.82) is 0 Å². The molecule has 1 amide bonds. The Morgan fingerprint density at radius 2 is 1.94 bits per heavy atom. The van der Waals surface area contributed by atoms with Gasteiger partial charge in [-0.15, -0.1) is 0 Å². The van der Waals surface area contributed by atoms with Crippen molar-refractivity contribution in [2.75, 3.05) is 12.4 Å². The molecule has 2 heterocycles. The molecule has 0 bridgehead atoms. The second kappa shape index (κ2) is 8.62. The molecule has 1 aromatic carbocycles. The zero-order valence-corrected chi connectivity index (χ0v) is 19.0. The quantitative estimate of drug-likeness (QED) is 0.577. The SMILES string of the molecule is CN(C(=O)c1cc[nH]c(=O)c1)C(c1ccc(NC2Cc3ccccc3C2(C)C)nc1)C(F)(F)F. The van der Waals surface area contributed by atoms with Gasteiger partial charge in [0, 0.05) is 48.1 Å². The summed E-state index contributed by atoms with van der Waals surface area (Å²) in [6.07, 6.45) is -1.60.